The smallest absolute Gasteiger partial charge is 0.143 e. The summed E-state index contributed by atoms with van der Waals surface area (Å²) in [4.78, 5) is 2.20. The Bertz CT molecular complexity index is 3380. The van der Waals surface area contributed by atoms with E-state index in [0.717, 1.165) is 60.4 Å². The van der Waals surface area contributed by atoms with Crippen molar-refractivity contribution >= 4 is 60.5 Å². The highest BCUT2D eigenvalue weighted by Crippen LogP contribution is 2.54. The molecule has 10 aromatic rings. The molecule has 1 heterocycles. The van der Waals surface area contributed by atoms with Gasteiger partial charge in [0.15, 0.2) is 0 Å². The second-order valence-corrected chi connectivity index (χ2v) is 14.9. The van der Waals surface area contributed by atoms with Crippen molar-refractivity contribution in [1.29, 1.82) is 0 Å². The van der Waals surface area contributed by atoms with E-state index in [1.165, 1.54) is 22.3 Å². The molecule has 2 heteroatoms. The van der Waals surface area contributed by atoms with Crippen molar-refractivity contribution in [2.45, 2.75) is 19.3 Å². The summed E-state index contributed by atoms with van der Waals surface area (Å²) in [5.41, 5.74) is 11.0. The Morgan fingerprint density at radius 2 is 1.07 bits per heavy atom. The van der Waals surface area contributed by atoms with E-state index in [1.54, 1.807) is 0 Å². The minimum atomic E-state index is -0.434. The van der Waals surface area contributed by atoms with E-state index in [1.807, 2.05) is 54.6 Å². The highest BCUT2D eigenvalue weighted by molar-refractivity contribution is 6.33. The van der Waals surface area contributed by atoms with Gasteiger partial charge in [-0.3, -0.25) is 0 Å². The maximum Gasteiger partial charge on any atom is 0.143 e. The summed E-state index contributed by atoms with van der Waals surface area (Å²) in [6, 6.07) is 52.5. The van der Waals surface area contributed by atoms with E-state index in [2.05, 4.69) is 122 Å². The van der Waals surface area contributed by atoms with Gasteiger partial charge in [-0.2, -0.15) is 0 Å². The molecule has 9 aromatic carbocycles. The normalized spacial score (nSPS) is 14.3. The maximum absolute atomic E-state index is 9.33. The molecule has 1 aromatic heterocycles. The van der Waals surface area contributed by atoms with Crippen LogP contribution in [-0.4, -0.2) is 0 Å². The molecule has 0 bridgehead atoms. The van der Waals surface area contributed by atoms with E-state index >= 15 is 0 Å². The summed E-state index contributed by atoms with van der Waals surface area (Å²) >= 11 is 0. The van der Waals surface area contributed by atoms with E-state index in [0.29, 0.717) is 16.8 Å². The van der Waals surface area contributed by atoms with Crippen molar-refractivity contribution in [2.24, 2.45) is 0 Å². The molecule has 11 rings (SSSR count). The third-order valence-corrected chi connectivity index (χ3v) is 11.5. The van der Waals surface area contributed by atoms with Crippen molar-refractivity contribution < 1.29 is 11.3 Å². The fraction of sp³-hybridized carbons (Fsp3) is 0.0566. The first-order valence-electron chi connectivity index (χ1n) is 21.2. The van der Waals surface area contributed by atoms with Crippen LogP contribution in [0.4, 0.5) is 17.1 Å². The third kappa shape index (κ3) is 4.74. The SMILES string of the molecule is [2H]c1c([2H])c([2H])c(-c2ccc3oc4c5ccccc5c5ccccc5c4c3c2N(c2ccc(-c3ccccc3)cc2)c2ccc3c(c2)C(C)(C)c2ccccc2-3)c([2H])c1[2H]. The largest absolute Gasteiger partial charge is 0.455 e. The number of hydrogen-bond acceptors (Lipinski definition) is 2. The first-order valence-corrected chi connectivity index (χ1v) is 18.7. The topological polar surface area (TPSA) is 16.4 Å². The zero-order valence-corrected chi connectivity index (χ0v) is 30.4. The lowest BCUT2D eigenvalue weighted by molar-refractivity contribution is 0.660. The lowest BCUT2D eigenvalue weighted by Gasteiger charge is -2.30. The Morgan fingerprint density at radius 1 is 0.473 bits per heavy atom. The van der Waals surface area contributed by atoms with E-state index in [4.69, 9.17) is 8.53 Å². The van der Waals surface area contributed by atoms with E-state index < -0.39 is 6.04 Å². The fourth-order valence-electron chi connectivity index (χ4n) is 8.96. The minimum absolute atomic E-state index is 0.122. The highest BCUT2D eigenvalue weighted by atomic mass is 16.3. The van der Waals surface area contributed by atoms with Crippen molar-refractivity contribution in [2.75, 3.05) is 4.90 Å². The Morgan fingerprint density at radius 3 is 1.85 bits per heavy atom. The Hall–Kier alpha value is -6.90. The van der Waals surface area contributed by atoms with Crippen LogP contribution in [0.3, 0.4) is 0 Å². The number of anilines is 3. The molecular formula is C53H37NO. The summed E-state index contributed by atoms with van der Waals surface area (Å²) in [6.07, 6.45) is 0. The maximum atomic E-state index is 9.33. The van der Waals surface area contributed by atoms with Gasteiger partial charge in [0, 0.05) is 33.1 Å². The summed E-state index contributed by atoms with van der Waals surface area (Å²) in [6.45, 7) is 4.53. The predicted octanol–water partition coefficient (Wildman–Crippen LogP) is 15.0. The standard InChI is InChI=1S/C53H37NO/c1-53(2)46-24-14-13-21-42(46)43-30-29-38(33-47(43)53)54(37-27-25-35(26-28-37)34-15-5-3-6-16-34)51-39(36-17-7-4-8-18-36)31-32-48-50(51)49-44-22-11-9-19-40(44)41-20-10-12-23-45(41)52(49)55-48/h3-33H,1-2H3/i4D,7D,8D,17D,18D. The van der Waals surface area contributed by atoms with Gasteiger partial charge < -0.3 is 9.32 Å². The summed E-state index contributed by atoms with van der Waals surface area (Å²) in [7, 11) is 0. The molecular weight excluding hydrogens is 667 g/mol. The number of benzene rings is 9. The molecule has 0 fully saturated rings. The Kier molecular flexibility index (Phi) is 5.88. The molecule has 0 unspecified atom stereocenters. The van der Waals surface area contributed by atoms with Crippen LogP contribution >= 0.6 is 0 Å². The molecule has 55 heavy (non-hydrogen) atoms. The Balaban J connectivity index is 1.31. The molecule has 1 aliphatic carbocycles. The molecule has 260 valence electrons. The van der Waals surface area contributed by atoms with Gasteiger partial charge in [-0.25, -0.2) is 0 Å². The van der Waals surface area contributed by atoms with Crippen LogP contribution in [0.25, 0.3) is 76.9 Å². The Labute approximate surface area is 327 Å². The van der Waals surface area contributed by atoms with Crippen LogP contribution in [-0.2, 0) is 5.41 Å². The molecule has 2 nitrogen and oxygen atoms in total. The lowest BCUT2D eigenvalue weighted by Crippen LogP contribution is -2.17. The van der Waals surface area contributed by atoms with Gasteiger partial charge in [-0.1, -0.05) is 165 Å². The average molecular weight is 709 g/mol. The third-order valence-electron chi connectivity index (χ3n) is 11.5. The van der Waals surface area contributed by atoms with Crippen molar-refractivity contribution in [3.05, 3.63) is 199 Å². The molecule has 0 N–H and O–H groups in total. The van der Waals surface area contributed by atoms with Crippen LogP contribution in [0.15, 0.2) is 192 Å². The fourth-order valence-corrected chi connectivity index (χ4v) is 8.96. The molecule has 0 atom stereocenters. The van der Waals surface area contributed by atoms with Gasteiger partial charge in [0.25, 0.3) is 0 Å². The number of nitrogens with zero attached hydrogens (tertiary/aromatic N) is 1. The van der Waals surface area contributed by atoms with E-state index in [-0.39, 0.29) is 35.1 Å². The number of rotatable bonds is 5. The first-order chi connectivity index (χ1) is 29.1. The average Bonchev–Trinajstić information content (AvgIpc) is 3.79. The zero-order chi connectivity index (χ0) is 41.0. The first kappa shape index (κ1) is 26.8. The van der Waals surface area contributed by atoms with Crippen LogP contribution in [0.2, 0.25) is 0 Å². The van der Waals surface area contributed by atoms with Crippen molar-refractivity contribution in [1.82, 2.24) is 0 Å². The van der Waals surface area contributed by atoms with Gasteiger partial charge in [-0.15, -0.1) is 0 Å². The monoisotopic (exact) mass is 708 g/mol. The van der Waals surface area contributed by atoms with Gasteiger partial charge in [-0.05, 0) is 91.5 Å². The van der Waals surface area contributed by atoms with Crippen LogP contribution in [0, 0.1) is 0 Å². The molecule has 1 aliphatic rings. The van der Waals surface area contributed by atoms with Crippen LogP contribution in [0.5, 0.6) is 0 Å². The molecule has 0 spiro atoms. The van der Waals surface area contributed by atoms with Gasteiger partial charge in [0.1, 0.15) is 11.2 Å². The van der Waals surface area contributed by atoms with E-state index in [9.17, 15) is 2.74 Å². The zero-order valence-electron chi connectivity index (χ0n) is 35.4. The second kappa shape index (κ2) is 12.1. The number of furan rings is 1. The second-order valence-electron chi connectivity index (χ2n) is 14.9. The van der Waals surface area contributed by atoms with Crippen molar-refractivity contribution in [3.8, 4) is 33.4 Å². The van der Waals surface area contributed by atoms with Crippen LogP contribution in [0.1, 0.15) is 31.8 Å². The quantitative estimate of drug-likeness (QED) is 0.166. The summed E-state index contributed by atoms with van der Waals surface area (Å²) in [5, 5.41) is 5.77. The van der Waals surface area contributed by atoms with Gasteiger partial charge >= 0.3 is 0 Å². The molecule has 0 radical (unpaired) electrons. The summed E-state index contributed by atoms with van der Waals surface area (Å²) < 4.78 is 51.8. The molecule has 0 saturated carbocycles. The van der Waals surface area contributed by atoms with Gasteiger partial charge in [0.2, 0.25) is 0 Å². The predicted molar refractivity (Wildman–Crippen MR) is 232 cm³/mol. The van der Waals surface area contributed by atoms with Gasteiger partial charge in [0.05, 0.1) is 17.9 Å². The highest BCUT2D eigenvalue weighted by Gasteiger charge is 2.36. The molecule has 0 aliphatic heterocycles. The molecule has 0 amide bonds. The molecule has 0 saturated heterocycles. The minimum Gasteiger partial charge on any atom is -0.455 e. The lowest BCUT2D eigenvalue weighted by atomic mass is 9.82. The summed E-state index contributed by atoms with van der Waals surface area (Å²) in [5.74, 6) is 0. The van der Waals surface area contributed by atoms with Crippen molar-refractivity contribution in [3.63, 3.8) is 0 Å². The number of fused-ring (bicyclic) bond motifs is 11. The van der Waals surface area contributed by atoms with Crippen LogP contribution < -0.4 is 4.90 Å². The number of hydrogen-bond donors (Lipinski definition) is 0.